The number of ether oxygens (including phenoxy) is 3. The van der Waals surface area contributed by atoms with Gasteiger partial charge in [-0.1, -0.05) is 11.8 Å². The lowest BCUT2D eigenvalue weighted by atomic mass is 10.1. The molecule has 1 amide bonds. The van der Waals surface area contributed by atoms with E-state index in [0.717, 1.165) is 18.5 Å². The van der Waals surface area contributed by atoms with Crippen molar-refractivity contribution in [2.24, 2.45) is 0 Å². The second-order valence-corrected chi connectivity index (χ2v) is 7.14. The van der Waals surface area contributed by atoms with Crippen molar-refractivity contribution >= 4 is 17.9 Å². The number of rotatable bonds is 8. The Labute approximate surface area is 173 Å². The van der Waals surface area contributed by atoms with Gasteiger partial charge in [-0.2, -0.15) is 4.98 Å². The lowest BCUT2D eigenvalue weighted by Gasteiger charge is -2.31. The fourth-order valence-corrected chi connectivity index (χ4v) is 3.46. The first-order valence-corrected chi connectivity index (χ1v) is 10.6. The zero-order valence-electron chi connectivity index (χ0n) is 16.8. The predicted molar refractivity (Wildman–Crippen MR) is 104 cm³/mol. The largest absolute Gasteiger partial charge is 0.469 e. The molecule has 2 aromatic heterocycles. The Morgan fingerprint density at radius 2 is 2.07 bits per heavy atom. The maximum atomic E-state index is 11.9. The van der Waals surface area contributed by atoms with Gasteiger partial charge in [0.2, 0.25) is 5.88 Å². The van der Waals surface area contributed by atoms with E-state index in [2.05, 4.69) is 25.5 Å². The molecular formula is C17H25N7O4S. The number of tetrazole rings is 1. The summed E-state index contributed by atoms with van der Waals surface area (Å²) < 4.78 is 17.8. The molecule has 0 spiro atoms. The first-order valence-electron chi connectivity index (χ1n) is 9.36. The number of amides is 1. The van der Waals surface area contributed by atoms with Gasteiger partial charge in [-0.3, -0.25) is 0 Å². The Morgan fingerprint density at radius 1 is 1.28 bits per heavy atom. The molecule has 0 unspecified atom stereocenters. The second kappa shape index (κ2) is 10.3. The molecule has 1 aliphatic rings. The van der Waals surface area contributed by atoms with E-state index in [-0.39, 0.29) is 18.7 Å². The van der Waals surface area contributed by atoms with Crippen LogP contribution in [-0.4, -0.2) is 74.2 Å². The number of carbonyl (C=O) groups is 1. The van der Waals surface area contributed by atoms with Crippen LogP contribution >= 0.6 is 11.8 Å². The molecule has 1 aliphatic heterocycles. The normalized spacial score (nSPS) is 14.8. The Kier molecular flexibility index (Phi) is 7.58. The maximum Gasteiger partial charge on any atom is 0.409 e. The third-order valence-corrected chi connectivity index (χ3v) is 5.00. The van der Waals surface area contributed by atoms with Gasteiger partial charge in [0.1, 0.15) is 0 Å². The number of likely N-dealkylation sites (tertiary alicyclic amines) is 1. The van der Waals surface area contributed by atoms with E-state index in [1.165, 1.54) is 11.8 Å². The molecule has 158 valence electrons. The third-order valence-electron chi connectivity index (χ3n) is 4.46. The molecule has 2 aromatic rings. The quantitative estimate of drug-likeness (QED) is 0.458. The van der Waals surface area contributed by atoms with Crippen LogP contribution in [0, 0.1) is 0 Å². The van der Waals surface area contributed by atoms with Gasteiger partial charge in [0.25, 0.3) is 0 Å². The summed E-state index contributed by atoms with van der Waals surface area (Å²) in [7, 11) is 1.61. The van der Waals surface area contributed by atoms with Gasteiger partial charge in [-0.15, -0.1) is 5.10 Å². The fraction of sp³-hybridized carbons (Fsp3) is 0.647. The van der Waals surface area contributed by atoms with Gasteiger partial charge in [0.05, 0.1) is 24.9 Å². The minimum absolute atomic E-state index is 0.102. The van der Waals surface area contributed by atoms with E-state index in [0.29, 0.717) is 43.2 Å². The number of nitrogens with zero attached hydrogens (tertiary/aromatic N) is 7. The molecule has 0 aliphatic carbocycles. The van der Waals surface area contributed by atoms with Crippen LogP contribution in [0.2, 0.25) is 0 Å². The molecule has 29 heavy (non-hydrogen) atoms. The van der Waals surface area contributed by atoms with Crippen molar-refractivity contribution in [3.05, 3.63) is 17.6 Å². The maximum absolute atomic E-state index is 11.9. The molecule has 0 N–H and O–H groups in total. The SMILES string of the molecule is CCOC(=O)N1CCC(n2nnnc2COc2cc(COC)nc(SC)n2)CC1. The van der Waals surface area contributed by atoms with Crippen LogP contribution in [0.1, 0.15) is 37.3 Å². The topological polar surface area (TPSA) is 117 Å². The van der Waals surface area contributed by atoms with Crippen LogP contribution in [0.4, 0.5) is 4.79 Å². The van der Waals surface area contributed by atoms with E-state index in [1.807, 2.05) is 6.26 Å². The molecule has 0 aromatic carbocycles. The molecule has 3 heterocycles. The van der Waals surface area contributed by atoms with Gasteiger partial charge in [-0.25, -0.2) is 14.5 Å². The standard InChI is InChI=1S/C17H25N7O4S/c1-4-27-17(25)23-7-5-13(6-8-23)24-14(20-21-22-24)11-28-15-9-12(10-26-2)18-16(19-15)29-3/h9,13H,4-8,10-11H2,1-3H3. The highest BCUT2D eigenvalue weighted by molar-refractivity contribution is 7.98. The first-order chi connectivity index (χ1) is 14.1. The monoisotopic (exact) mass is 423 g/mol. The molecule has 3 rings (SSSR count). The molecule has 0 atom stereocenters. The molecule has 0 bridgehead atoms. The molecule has 1 fully saturated rings. The lowest BCUT2D eigenvalue weighted by Crippen LogP contribution is -2.39. The van der Waals surface area contributed by atoms with Crippen molar-refractivity contribution in [2.45, 2.75) is 44.2 Å². The van der Waals surface area contributed by atoms with Gasteiger partial charge in [-0.05, 0) is 36.4 Å². The predicted octanol–water partition coefficient (Wildman–Crippen LogP) is 1.70. The third kappa shape index (κ3) is 5.54. The highest BCUT2D eigenvalue weighted by Crippen LogP contribution is 2.23. The lowest BCUT2D eigenvalue weighted by molar-refractivity contribution is 0.0906. The zero-order valence-corrected chi connectivity index (χ0v) is 17.6. The van der Waals surface area contributed by atoms with E-state index in [4.69, 9.17) is 14.2 Å². The van der Waals surface area contributed by atoms with E-state index >= 15 is 0 Å². The van der Waals surface area contributed by atoms with Crippen LogP contribution in [0.25, 0.3) is 0 Å². The van der Waals surface area contributed by atoms with Crippen LogP contribution in [0.3, 0.4) is 0 Å². The number of hydrogen-bond donors (Lipinski definition) is 0. The van der Waals surface area contributed by atoms with Crippen molar-refractivity contribution in [3.8, 4) is 5.88 Å². The Bertz CT molecular complexity index is 811. The van der Waals surface area contributed by atoms with Gasteiger partial charge < -0.3 is 19.1 Å². The molecule has 11 nitrogen and oxygen atoms in total. The van der Waals surface area contributed by atoms with E-state index in [1.54, 1.807) is 29.7 Å². The summed E-state index contributed by atoms with van der Waals surface area (Å²) in [6, 6.07) is 1.85. The second-order valence-electron chi connectivity index (χ2n) is 6.36. The van der Waals surface area contributed by atoms with Crippen molar-refractivity contribution in [1.82, 2.24) is 35.1 Å². The van der Waals surface area contributed by atoms with Gasteiger partial charge in [0, 0.05) is 26.3 Å². The minimum atomic E-state index is -0.272. The Morgan fingerprint density at radius 3 is 2.76 bits per heavy atom. The highest BCUT2D eigenvalue weighted by atomic mass is 32.2. The van der Waals surface area contributed by atoms with Crippen molar-refractivity contribution < 1.29 is 19.0 Å². The number of carbonyl (C=O) groups excluding carboxylic acids is 1. The van der Waals surface area contributed by atoms with Gasteiger partial charge in [0.15, 0.2) is 17.6 Å². The van der Waals surface area contributed by atoms with Crippen molar-refractivity contribution in [2.75, 3.05) is 33.1 Å². The van der Waals surface area contributed by atoms with Crippen molar-refractivity contribution in [3.63, 3.8) is 0 Å². The summed E-state index contributed by atoms with van der Waals surface area (Å²) in [5.41, 5.74) is 0.743. The average molecular weight is 423 g/mol. The number of piperidine rings is 1. The smallest absolute Gasteiger partial charge is 0.409 e. The van der Waals surface area contributed by atoms with E-state index in [9.17, 15) is 4.79 Å². The van der Waals surface area contributed by atoms with Crippen LogP contribution < -0.4 is 4.74 Å². The number of methoxy groups -OCH3 is 1. The Balaban J connectivity index is 1.61. The minimum Gasteiger partial charge on any atom is -0.469 e. The summed E-state index contributed by atoms with van der Waals surface area (Å²) in [6.07, 6.45) is 3.13. The van der Waals surface area contributed by atoms with Crippen molar-refractivity contribution in [1.29, 1.82) is 0 Å². The van der Waals surface area contributed by atoms with Crippen LogP contribution in [-0.2, 0) is 22.7 Å². The zero-order chi connectivity index (χ0) is 20.6. The Hall–Kier alpha value is -2.47. The summed E-state index contributed by atoms with van der Waals surface area (Å²) in [5, 5.41) is 12.6. The number of hydrogen-bond acceptors (Lipinski definition) is 10. The average Bonchev–Trinajstić information content (AvgIpc) is 3.21. The fourth-order valence-electron chi connectivity index (χ4n) is 3.07. The molecule has 0 saturated carbocycles. The molecular weight excluding hydrogens is 398 g/mol. The summed E-state index contributed by atoms with van der Waals surface area (Å²) in [5.74, 6) is 1.06. The molecule has 12 heteroatoms. The summed E-state index contributed by atoms with van der Waals surface area (Å²) in [4.78, 5) is 22.3. The van der Waals surface area contributed by atoms with Crippen LogP contribution in [0.15, 0.2) is 11.2 Å². The van der Waals surface area contributed by atoms with Gasteiger partial charge >= 0.3 is 6.09 Å². The highest BCUT2D eigenvalue weighted by Gasteiger charge is 2.27. The molecule has 0 radical (unpaired) electrons. The summed E-state index contributed by atoms with van der Waals surface area (Å²) in [6.45, 7) is 3.95. The van der Waals surface area contributed by atoms with Crippen LogP contribution in [0.5, 0.6) is 5.88 Å². The summed E-state index contributed by atoms with van der Waals surface area (Å²) >= 11 is 1.43. The van der Waals surface area contributed by atoms with E-state index < -0.39 is 0 Å². The number of thioether (sulfide) groups is 1. The first kappa shape index (κ1) is 21.2. The number of aromatic nitrogens is 6. The molecule has 1 saturated heterocycles.